The van der Waals surface area contributed by atoms with Gasteiger partial charge in [-0.1, -0.05) is 0 Å². The van der Waals surface area contributed by atoms with E-state index in [1.165, 1.54) is 15.6 Å². The van der Waals surface area contributed by atoms with Crippen molar-refractivity contribution in [1.82, 2.24) is 14.0 Å². The second-order valence-electron chi connectivity index (χ2n) is 4.70. The lowest BCUT2D eigenvalue weighted by Gasteiger charge is -2.30. The van der Waals surface area contributed by atoms with Crippen molar-refractivity contribution in [2.24, 2.45) is 5.92 Å². The molecule has 0 amide bonds. The smallest absolute Gasteiger partial charge is 0.279 e. The fourth-order valence-corrected chi connectivity index (χ4v) is 4.11. The Labute approximate surface area is 117 Å². The Bertz CT molecular complexity index is 507. The third-order valence-electron chi connectivity index (χ3n) is 3.27. The van der Waals surface area contributed by atoms with E-state index in [0.29, 0.717) is 13.1 Å². The highest BCUT2D eigenvalue weighted by atomic mass is 32.2. The minimum absolute atomic E-state index is 0.140. The number of hydrogen-bond acceptors (Lipinski definition) is 5. The van der Waals surface area contributed by atoms with Gasteiger partial charge in [-0.25, -0.2) is 4.98 Å². The summed E-state index contributed by atoms with van der Waals surface area (Å²) in [6.45, 7) is 3.27. The van der Waals surface area contributed by atoms with Gasteiger partial charge in [0.15, 0.2) is 0 Å². The van der Waals surface area contributed by atoms with Gasteiger partial charge in [-0.05, 0) is 25.7 Å². The number of nitrogens with one attached hydrogen (secondary N) is 1. The molecule has 1 aromatic heterocycles. The van der Waals surface area contributed by atoms with E-state index in [2.05, 4.69) is 9.71 Å². The predicted molar refractivity (Wildman–Crippen MR) is 74.0 cm³/mol. The summed E-state index contributed by atoms with van der Waals surface area (Å²) in [6, 6.07) is 0. The third kappa shape index (κ3) is 3.96. The van der Waals surface area contributed by atoms with Gasteiger partial charge in [0.1, 0.15) is 0 Å². The van der Waals surface area contributed by atoms with E-state index in [9.17, 15) is 8.42 Å². The molecule has 0 radical (unpaired) electrons. The molecule has 1 aliphatic heterocycles. The van der Waals surface area contributed by atoms with E-state index in [4.69, 9.17) is 5.11 Å². The predicted octanol–water partition coefficient (Wildman–Crippen LogP) is 0.490. The van der Waals surface area contributed by atoms with Crippen LogP contribution in [-0.2, 0) is 16.8 Å². The summed E-state index contributed by atoms with van der Waals surface area (Å²) in [7, 11) is -3.42. The van der Waals surface area contributed by atoms with Crippen LogP contribution in [0.5, 0.6) is 0 Å². The van der Waals surface area contributed by atoms with Crippen molar-refractivity contribution < 1.29 is 13.5 Å². The van der Waals surface area contributed by atoms with Crippen LogP contribution in [0, 0.1) is 12.8 Å². The van der Waals surface area contributed by atoms with E-state index in [1.807, 2.05) is 6.92 Å². The highest BCUT2D eigenvalue weighted by molar-refractivity contribution is 7.87. The minimum Gasteiger partial charge on any atom is -0.396 e. The molecule has 19 heavy (non-hydrogen) atoms. The fourth-order valence-electron chi connectivity index (χ4n) is 2.07. The SMILES string of the molecule is Cc1ncc(CNS(=O)(=O)N2CCC(CO)CC2)s1. The van der Waals surface area contributed by atoms with Gasteiger partial charge >= 0.3 is 0 Å². The molecular weight excluding hydrogens is 286 g/mol. The maximum atomic E-state index is 12.1. The van der Waals surface area contributed by atoms with Crippen LogP contribution in [0.1, 0.15) is 22.7 Å². The van der Waals surface area contributed by atoms with Crippen molar-refractivity contribution in [2.45, 2.75) is 26.3 Å². The number of hydrogen-bond donors (Lipinski definition) is 2. The van der Waals surface area contributed by atoms with E-state index in [-0.39, 0.29) is 19.1 Å². The molecule has 6 nitrogen and oxygen atoms in total. The van der Waals surface area contributed by atoms with Crippen LogP contribution >= 0.6 is 11.3 Å². The first-order chi connectivity index (χ1) is 9.01. The van der Waals surface area contributed by atoms with Crippen molar-refractivity contribution in [2.75, 3.05) is 19.7 Å². The number of aromatic nitrogens is 1. The first-order valence-electron chi connectivity index (χ1n) is 6.28. The molecule has 1 fully saturated rings. The molecule has 1 aliphatic rings. The molecule has 8 heteroatoms. The van der Waals surface area contributed by atoms with Crippen molar-refractivity contribution in [3.63, 3.8) is 0 Å². The zero-order valence-corrected chi connectivity index (χ0v) is 12.5. The van der Waals surface area contributed by atoms with Gasteiger partial charge < -0.3 is 5.11 Å². The molecule has 0 aromatic carbocycles. The van der Waals surface area contributed by atoms with Crippen molar-refractivity contribution in [3.8, 4) is 0 Å². The number of rotatable bonds is 5. The quantitative estimate of drug-likeness (QED) is 0.829. The lowest BCUT2D eigenvalue weighted by molar-refractivity contribution is 0.169. The summed E-state index contributed by atoms with van der Waals surface area (Å²) in [6.07, 6.45) is 3.13. The molecule has 1 aromatic rings. The Morgan fingerprint density at radius 1 is 1.53 bits per heavy atom. The van der Waals surface area contributed by atoms with Crippen LogP contribution in [0.15, 0.2) is 6.20 Å². The topological polar surface area (TPSA) is 82.5 Å². The molecule has 2 rings (SSSR count). The standard InChI is InChI=1S/C11H19N3O3S2/c1-9-12-6-11(18-9)7-13-19(16,17)14-4-2-10(8-15)3-5-14/h6,10,13,15H,2-5,7-8H2,1H3. The maximum absolute atomic E-state index is 12.1. The normalized spacial score (nSPS) is 18.8. The molecule has 0 atom stereocenters. The molecular formula is C11H19N3O3S2. The first kappa shape index (κ1) is 14.9. The zero-order valence-electron chi connectivity index (χ0n) is 10.9. The summed E-state index contributed by atoms with van der Waals surface area (Å²) in [5.41, 5.74) is 0. The van der Waals surface area contributed by atoms with Gasteiger partial charge in [-0.15, -0.1) is 11.3 Å². The molecule has 108 valence electrons. The summed E-state index contributed by atoms with van der Waals surface area (Å²) < 4.78 is 28.2. The van der Waals surface area contributed by atoms with Crippen LogP contribution in [0.3, 0.4) is 0 Å². The zero-order chi connectivity index (χ0) is 13.9. The largest absolute Gasteiger partial charge is 0.396 e. The fraction of sp³-hybridized carbons (Fsp3) is 0.727. The molecule has 0 bridgehead atoms. The monoisotopic (exact) mass is 305 g/mol. The highest BCUT2D eigenvalue weighted by Gasteiger charge is 2.27. The highest BCUT2D eigenvalue weighted by Crippen LogP contribution is 2.19. The van der Waals surface area contributed by atoms with Crippen LogP contribution in [0.25, 0.3) is 0 Å². The third-order valence-corrected chi connectivity index (χ3v) is 5.74. The second kappa shape index (κ2) is 6.27. The van der Waals surface area contributed by atoms with E-state index in [0.717, 1.165) is 22.7 Å². The van der Waals surface area contributed by atoms with Gasteiger partial charge in [-0.3, -0.25) is 0 Å². The number of thiazole rings is 1. The molecule has 0 spiro atoms. The molecule has 0 saturated carbocycles. The minimum atomic E-state index is -3.42. The Morgan fingerprint density at radius 3 is 2.74 bits per heavy atom. The summed E-state index contributed by atoms with van der Waals surface area (Å²) in [5, 5.41) is 9.97. The number of aliphatic hydroxyl groups is 1. The van der Waals surface area contributed by atoms with E-state index >= 15 is 0 Å². The van der Waals surface area contributed by atoms with Crippen molar-refractivity contribution in [3.05, 3.63) is 16.1 Å². The lowest BCUT2D eigenvalue weighted by Crippen LogP contribution is -2.45. The molecule has 2 heterocycles. The van der Waals surface area contributed by atoms with E-state index < -0.39 is 10.2 Å². The Hall–Kier alpha value is -0.540. The van der Waals surface area contributed by atoms with Crippen LogP contribution in [0.4, 0.5) is 0 Å². The average molecular weight is 305 g/mol. The van der Waals surface area contributed by atoms with Gasteiger partial charge in [0, 0.05) is 37.3 Å². The number of aliphatic hydroxyl groups excluding tert-OH is 1. The van der Waals surface area contributed by atoms with Crippen molar-refractivity contribution >= 4 is 21.5 Å². The van der Waals surface area contributed by atoms with Gasteiger partial charge in [0.25, 0.3) is 10.2 Å². The van der Waals surface area contributed by atoms with E-state index in [1.54, 1.807) is 6.20 Å². The number of aryl methyl sites for hydroxylation is 1. The second-order valence-corrected chi connectivity index (χ2v) is 7.77. The summed E-state index contributed by atoms with van der Waals surface area (Å²) in [4.78, 5) is 5.00. The van der Waals surface area contributed by atoms with Crippen LogP contribution in [0.2, 0.25) is 0 Å². The molecule has 0 unspecified atom stereocenters. The maximum Gasteiger partial charge on any atom is 0.279 e. The molecule has 1 saturated heterocycles. The van der Waals surface area contributed by atoms with Gasteiger partial charge in [0.2, 0.25) is 0 Å². The van der Waals surface area contributed by atoms with Crippen LogP contribution < -0.4 is 4.72 Å². The van der Waals surface area contributed by atoms with Crippen LogP contribution in [-0.4, -0.2) is 42.5 Å². The average Bonchev–Trinajstić information content (AvgIpc) is 2.82. The van der Waals surface area contributed by atoms with Crippen molar-refractivity contribution in [1.29, 1.82) is 0 Å². The van der Waals surface area contributed by atoms with Gasteiger partial charge in [-0.2, -0.15) is 17.4 Å². The number of nitrogens with zero attached hydrogens (tertiary/aromatic N) is 2. The number of piperidine rings is 1. The summed E-state index contributed by atoms with van der Waals surface area (Å²) >= 11 is 1.49. The summed E-state index contributed by atoms with van der Waals surface area (Å²) in [5.74, 6) is 0.232. The molecule has 0 aliphatic carbocycles. The van der Waals surface area contributed by atoms with Gasteiger partial charge in [0.05, 0.1) is 5.01 Å². The Kier molecular flexibility index (Phi) is 4.91. The lowest BCUT2D eigenvalue weighted by atomic mass is 10.00. The Balaban J connectivity index is 1.88. The first-order valence-corrected chi connectivity index (χ1v) is 8.54. The molecule has 2 N–H and O–H groups in total. The Morgan fingerprint density at radius 2 is 2.21 bits per heavy atom.